The van der Waals surface area contributed by atoms with Gasteiger partial charge >= 0.3 is 6.01 Å². The number of rotatable bonds is 5. The molecule has 3 aliphatic heterocycles. The zero-order valence-corrected chi connectivity index (χ0v) is 26.0. The second-order valence-corrected chi connectivity index (χ2v) is 14.5. The number of anilines is 1. The third-order valence-electron chi connectivity index (χ3n) is 9.56. The summed E-state index contributed by atoms with van der Waals surface area (Å²) in [6.45, 7) is 1.78. The van der Waals surface area contributed by atoms with Crippen molar-refractivity contribution < 1.29 is 31.4 Å². The largest absolute Gasteiger partial charge is 0.508 e. The normalized spacial score (nSPS) is 23.5. The number of nitrogens with zero attached hydrogens (tertiary/aromatic N) is 5. The van der Waals surface area contributed by atoms with E-state index in [0.717, 1.165) is 19.4 Å². The third-order valence-corrected chi connectivity index (χ3v) is 11.4. The van der Waals surface area contributed by atoms with E-state index in [1.54, 1.807) is 11.0 Å². The van der Waals surface area contributed by atoms with E-state index < -0.39 is 33.4 Å². The zero-order chi connectivity index (χ0) is 32.4. The van der Waals surface area contributed by atoms with E-state index in [2.05, 4.69) is 20.8 Å². The Labute approximate surface area is 264 Å². The van der Waals surface area contributed by atoms with Crippen molar-refractivity contribution in [2.75, 3.05) is 57.0 Å². The molecule has 4 heterocycles. The summed E-state index contributed by atoms with van der Waals surface area (Å²) in [6.07, 6.45) is 6.67. The molecule has 0 unspecified atom stereocenters. The van der Waals surface area contributed by atoms with Gasteiger partial charge in [-0.15, -0.1) is 6.42 Å². The predicted octanol–water partition coefficient (Wildman–Crippen LogP) is 4.45. The Bertz CT molecular complexity index is 2040. The van der Waals surface area contributed by atoms with Gasteiger partial charge in [-0.3, -0.25) is 4.90 Å². The number of likely N-dealkylation sites (N-methyl/N-ethyl adjacent to an activating group) is 1. The zero-order valence-electron chi connectivity index (χ0n) is 25.1. The van der Waals surface area contributed by atoms with Crippen molar-refractivity contribution in [1.82, 2.24) is 19.2 Å². The highest BCUT2D eigenvalue weighted by molar-refractivity contribution is 7.89. The third kappa shape index (κ3) is 5.09. The Morgan fingerprint density at radius 1 is 1.11 bits per heavy atom. The Hall–Kier alpha value is -4.12. The minimum atomic E-state index is -3.49. The lowest BCUT2D eigenvalue weighted by atomic mass is 9.93. The molecule has 0 radical (unpaired) electrons. The Morgan fingerprint density at radius 3 is 2.74 bits per heavy atom. The van der Waals surface area contributed by atoms with E-state index >= 15 is 4.39 Å². The first kappa shape index (κ1) is 30.5. The molecule has 0 bridgehead atoms. The molecule has 9 nitrogen and oxygen atoms in total. The molecule has 0 aliphatic carbocycles. The summed E-state index contributed by atoms with van der Waals surface area (Å²) in [7, 11) is -1.98. The summed E-state index contributed by atoms with van der Waals surface area (Å²) in [4.78, 5) is 13.0. The molecular weight excluding hydrogens is 619 g/mol. The van der Waals surface area contributed by atoms with Crippen LogP contribution in [0.15, 0.2) is 36.4 Å². The highest BCUT2D eigenvalue weighted by Crippen LogP contribution is 2.42. The van der Waals surface area contributed by atoms with Crippen molar-refractivity contribution in [1.29, 1.82) is 0 Å². The van der Waals surface area contributed by atoms with Gasteiger partial charge in [0.1, 0.15) is 35.7 Å². The number of sulfonamides is 1. The average Bonchev–Trinajstić information content (AvgIpc) is 3.51. The molecule has 3 fully saturated rings. The fraction of sp³-hybridized carbons (Fsp3) is 0.394. The number of terminal acetylenes is 1. The first-order valence-corrected chi connectivity index (χ1v) is 16.7. The standard InChI is InChI=1S/C33H32F3N5O4S/c1-3-23-27(35)8-5-20-15-22(42)16-26(28(20)23)24-6-7-25-30(29(24)36)37-32(45-19-33-9-4-10-41(33)18-21(34)17-33)38-31(25)40-12-11-39(2)46(43,44)14-13-40/h1,5-8,15-16,21,42H,4,9-14,17-19H2,2H3/t21-,33+/m1/s1. The van der Waals surface area contributed by atoms with Gasteiger partial charge in [0.15, 0.2) is 5.82 Å². The number of alkyl halides is 1. The fourth-order valence-corrected chi connectivity index (χ4v) is 8.29. The summed E-state index contributed by atoms with van der Waals surface area (Å²) >= 11 is 0. The molecule has 2 atom stereocenters. The highest BCUT2D eigenvalue weighted by Gasteiger charge is 2.49. The molecule has 4 aromatic rings. The lowest BCUT2D eigenvalue weighted by Crippen LogP contribution is -2.43. The number of hydrogen-bond donors (Lipinski definition) is 1. The molecule has 3 aliphatic rings. The van der Waals surface area contributed by atoms with Crippen LogP contribution in [0.4, 0.5) is 19.0 Å². The van der Waals surface area contributed by atoms with Crippen molar-refractivity contribution in [2.45, 2.75) is 31.0 Å². The smallest absolute Gasteiger partial charge is 0.319 e. The van der Waals surface area contributed by atoms with Gasteiger partial charge in [-0.25, -0.2) is 25.9 Å². The lowest BCUT2D eigenvalue weighted by Gasteiger charge is -2.31. The summed E-state index contributed by atoms with van der Waals surface area (Å²) in [6, 6.07) is 8.37. The van der Waals surface area contributed by atoms with E-state index in [-0.39, 0.29) is 71.3 Å². The number of benzene rings is 3. The molecule has 1 aromatic heterocycles. The van der Waals surface area contributed by atoms with Gasteiger partial charge in [-0.1, -0.05) is 18.1 Å². The number of phenols is 1. The molecule has 13 heteroatoms. The number of aromatic nitrogens is 2. The van der Waals surface area contributed by atoms with Gasteiger partial charge in [0, 0.05) is 56.0 Å². The highest BCUT2D eigenvalue weighted by atomic mass is 32.2. The first-order chi connectivity index (χ1) is 22.0. The van der Waals surface area contributed by atoms with Gasteiger partial charge in [-0.05, 0) is 54.6 Å². The van der Waals surface area contributed by atoms with E-state index in [4.69, 9.17) is 11.2 Å². The van der Waals surface area contributed by atoms with E-state index in [1.807, 2.05) is 0 Å². The average molecular weight is 652 g/mol. The summed E-state index contributed by atoms with van der Waals surface area (Å²) < 4.78 is 78.8. The Morgan fingerprint density at radius 2 is 1.93 bits per heavy atom. The molecule has 7 rings (SSSR count). The van der Waals surface area contributed by atoms with Crippen LogP contribution < -0.4 is 9.64 Å². The number of aromatic hydroxyl groups is 1. The minimum absolute atomic E-state index is 0.0147. The van der Waals surface area contributed by atoms with Gasteiger partial charge in [0.25, 0.3) is 0 Å². The molecule has 0 saturated carbocycles. The topological polar surface area (TPSA) is 99.1 Å². The summed E-state index contributed by atoms with van der Waals surface area (Å²) in [5.74, 6) is 0.869. The number of hydrogen-bond acceptors (Lipinski definition) is 8. The SMILES string of the molecule is C#Cc1c(F)ccc2cc(O)cc(-c3ccc4c(N5CCN(C)S(=O)(=O)CC5)nc(OC[C@@]56CCCN5C[C@H](F)C6)nc4c3F)c12. The van der Waals surface area contributed by atoms with Crippen LogP contribution in [0.2, 0.25) is 0 Å². The Kier molecular flexibility index (Phi) is 7.49. The predicted molar refractivity (Wildman–Crippen MR) is 169 cm³/mol. The molecule has 0 spiro atoms. The number of fused-ring (bicyclic) bond motifs is 3. The van der Waals surface area contributed by atoms with Crippen LogP contribution >= 0.6 is 0 Å². The molecule has 0 amide bonds. The monoisotopic (exact) mass is 651 g/mol. The number of halogens is 3. The van der Waals surface area contributed by atoms with Gasteiger partial charge < -0.3 is 14.7 Å². The van der Waals surface area contributed by atoms with Crippen LogP contribution in [0.25, 0.3) is 32.8 Å². The van der Waals surface area contributed by atoms with Gasteiger partial charge in [-0.2, -0.15) is 9.97 Å². The molecule has 3 saturated heterocycles. The van der Waals surface area contributed by atoms with Crippen LogP contribution in [0.1, 0.15) is 24.8 Å². The van der Waals surface area contributed by atoms with Crippen molar-refractivity contribution >= 4 is 37.5 Å². The maximum atomic E-state index is 16.8. The fourth-order valence-electron chi connectivity index (χ4n) is 7.17. The van der Waals surface area contributed by atoms with Crippen LogP contribution in [0.3, 0.4) is 0 Å². The molecule has 3 aromatic carbocycles. The van der Waals surface area contributed by atoms with Crippen molar-refractivity contribution in [2.24, 2.45) is 0 Å². The maximum absolute atomic E-state index is 16.8. The minimum Gasteiger partial charge on any atom is -0.508 e. The Balaban J connectivity index is 1.39. The van der Waals surface area contributed by atoms with Gasteiger partial charge in [0.05, 0.1) is 16.9 Å². The van der Waals surface area contributed by atoms with E-state index in [9.17, 15) is 22.3 Å². The van der Waals surface area contributed by atoms with Crippen molar-refractivity contribution in [3.8, 4) is 35.2 Å². The first-order valence-electron chi connectivity index (χ1n) is 15.1. The van der Waals surface area contributed by atoms with Crippen molar-refractivity contribution in [3.05, 3.63) is 53.6 Å². The summed E-state index contributed by atoms with van der Waals surface area (Å²) in [5.41, 5.74) is -0.497. The maximum Gasteiger partial charge on any atom is 0.319 e. The molecule has 46 heavy (non-hydrogen) atoms. The number of ether oxygens (including phenoxy) is 1. The van der Waals surface area contributed by atoms with Crippen LogP contribution in [0.5, 0.6) is 11.8 Å². The van der Waals surface area contributed by atoms with E-state index in [0.29, 0.717) is 29.6 Å². The van der Waals surface area contributed by atoms with Crippen LogP contribution in [0, 0.1) is 24.0 Å². The van der Waals surface area contributed by atoms with Crippen LogP contribution in [-0.4, -0.2) is 96.5 Å². The quantitative estimate of drug-likeness (QED) is 0.316. The molecular formula is C33H32F3N5O4S. The summed E-state index contributed by atoms with van der Waals surface area (Å²) in [5, 5.41) is 11.5. The number of phenolic OH excluding ortho intramolecular Hbond substituents is 1. The second-order valence-electron chi connectivity index (χ2n) is 12.3. The van der Waals surface area contributed by atoms with Crippen LogP contribution in [-0.2, 0) is 10.0 Å². The van der Waals surface area contributed by atoms with Crippen molar-refractivity contribution in [3.63, 3.8) is 0 Å². The van der Waals surface area contributed by atoms with E-state index in [1.165, 1.54) is 41.7 Å². The van der Waals surface area contributed by atoms with Gasteiger partial charge in [0.2, 0.25) is 10.0 Å². The lowest BCUT2D eigenvalue weighted by molar-refractivity contribution is 0.107. The second kappa shape index (κ2) is 11.3. The molecule has 240 valence electrons. The molecule has 1 N–H and O–H groups in total.